The van der Waals surface area contributed by atoms with Gasteiger partial charge in [-0.1, -0.05) is 157 Å². The van der Waals surface area contributed by atoms with E-state index < -0.39 is 5.41 Å². The van der Waals surface area contributed by atoms with Crippen LogP contribution in [0.5, 0.6) is 0 Å². The van der Waals surface area contributed by atoms with E-state index in [1.54, 1.807) is 0 Å². The Hall–Kier alpha value is -7.99. The lowest BCUT2D eigenvalue weighted by Crippen LogP contribution is -2.32. The van der Waals surface area contributed by atoms with Gasteiger partial charge >= 0.3 is 0 Å². The van der Waals surface area contributed by atoms with Gasteiger partial charge in [0.15, 0.2) is 0 Å². The maximum atomic E-state index is 5.34. The van der Waals surface area contributed by atoms with Crippen molar-refractivity contribution in [3.63, 3.8) is 0 Å². The summed E-state index contributed by atoms with van der Waals surface area (Å²) in [5.74, 6) is 0. The molecule has 2 aliphatic rings. The van der Waals surface area contributed by atoms with Crippen molar-refractivity contribution in [3.05, 3.63) is 241 Å². The van der Waals surface area contributed by atoms with Crippen molar-refractivity contribution < 1.29 is 0 Å². The van der Waals surface area contributed by atoms with Crippen molar-refractivity contribution in [1.82, 2.24) is 19.9 Å². The van der Waals surface area contributed by atoms with Gasteiger partial charge in [-0.3, -0.25) is 9.97 Å². The van der Waals surface area contributed by atoms with Gasteiger partial charge in [-0.2, -0.15) is 0 Å². The maximum Gasteiger partial charge on any atom is 0.0900 e. The smallest absolute Gasteiger partial charge is 0.0900 e. The van der Waals surface area contributed by atoms with E-state index in [1.807, 2.05) is 60.6 Å². The fraction of sp³-hybridized carbons (Fsp3) is 0.0169. The number of hydrogen-bond acceptors (Lipinski definition) is 5. The van der Waals surface area contributed by atoms with Crippen molar-refractivity contribution >= 4 is 33.4 Å². The number of nitrogens with zero attached hydrogens (tertiary/aromatic N) is 4. The predicted octanol–water partition coefficient (Wildman–Crippen LogP) is 14.7. The molecule has 7 aromatic carbocycles. The number of para-hydroxylation sites is 1. The van der Waals surface area contributed by atoms with E-state index in [-0.39, 0.29) is 0 Å². The van der Waals surface area contributed by atoms with Gasteiger partial charge in [-0.05, 0) is 116 Å². The molecule has 1 aliphatic heterocycles. The van der Waals surface area contributed by atoms with Crippen LogP contribution in [0.4, 0.5) is 0 Å². The fourth-order valence-corrected chi connectivity index (χ4v) is 11.5. The van der Waals surface area contributed by atoms with E-state index in [1.165, 1.54) is 54.1 Å². The van der Waals surface area contributed by atoms with Crippen molar-refractivity contribution in [2.45, 2.75) is 15.2 Å². The van der Waals surface area contributed by atoms with E-state index in [4.69, 9.17) is 9.97 Å². The zero-order chi connectivity index (χ0) is 42.2. The SMILES string of the molecule is c1ccc(-c2nc3ccccc3c3c4c(ccc23)C2(c3ccccc3Sc3ccccc32)c2cc(-c3ccc(-c5cc(-c6ccccn6)nc(-c6ccccn6)c5)cc3)ccc2-4)cc1. The molecule has 0 fully saturated rings. The summed E-state index contributed by atoms with van der Waals surface area (Å²) in [7, 11) is 0. The minimum Gasteiger partial charge on any atom is -0.255 e. The number of pyridine rings is 4. The Morgan fingerprint density at radius 2 is 0.953 bits per heavy atom. The number of rotatable bonds is 5. The van der Waals surface area contributed by atoms with Crippen LogP contribution in [0.3, 0.4) is 0 Å². The van der Waals surface area contributed by atoms with Crippen LogP contribution in [0.2, 0.25) is 0 Å². The number of hydrogen-bond donors (Lipinski definition) is 0. The standard InChI is InChI=1S/C59H36N4S/c1-2-14-39(15-3-1)58-44-30-31-47-57(56(44)43-16-4-7-19-49(43)63-58)42-29-28-40(34-48(42)59(47)45-17-5-8-22-54(45)64-55-23-9-6-18-46(55)59)37-24-26-38(27-25-37)41-35-52(50-20-10-12-32-60-50)62-53(36-41)51-21-11-13-33-61-51/h1-36H. The van der Waals surface area contributed by atoms with Crippen LogP contribution in [0.15, 0.2) is 228 Å². The Labute approximate surface area is 375 Å². The molecule has 0 radical (unpaired) electrons. The molecule has 0 atom stereocenters. The van der Waals surface area contributed by atoms with Crippen molar-refractivity contribution in [2.75, 3.05) is 0 Å². The van der Waals surface area contributed by atoms with Crippen LogP contribution in [0.25, 0.3) is 89.1 Å². The largest absolute Gasteiger partial charge is 0.255 e. The highest BCUT2D eigenvalue weighted by molar-refractivity contribution is 7.99. The van der Waals surface area contributed by atoms with E-state index in [0.29, 0.717) is 0 Å². The molecular formula is C59H36N4S. The van der Waals surface area contributed by atoms with Crippen LogP contribution >= 0.6 is 11.8 Å². The summed E-state index contributed by atoms with van der Waals surface area (Å²) in [6.45, 7) is 0. The van der Waals surface area contributed by atoms with E-state index in [2.05, 4.69) is 180 Å². The Bertz CT molecular complexity index is 3520. The Balaban J connectivity index is 1.03. The maximum absolute atomic E-state index is 5.34. The second-order valence-electron chi connectivity index (χ2n) is 16.5. The van der Waals surface area contributed by atoms with E-state index >= 15 is 0 Å². The van der Waals surface area contributed by atoms with Gasteiger partial charge in [0.2, 0.25) is 0 Å². The van der Waals surface area contributed by atoms with Crippen LogP contribution in [-0.2, 0) is 5.41 Å². The highest BCUT2D eigenvalue weighted by Gasteiger charge is 2.51. The molecule has 0 saturated carbocycles. The van der Waals surface area contributed by atoms with Crippen molar-refractivity contribution in [1.29, 1.82) is 0 Å². The van der Waals surface area contributed by atoms with Crippen molar-refractivity contribution in [2.24, 2.45) is 0 Å². The summed E-state index contributed by atoms with van der Waals surface area (Å²) in [6, 6.07) is 74.4. The predicted molar refractivity (Wildman–Crippen MR) is 261 cm³/mol. The average molecular weight is 833 g/mol. The molecule has 0 N–H and O–H groups in total. The molecule has 1 aliphatic carbocycles. The van der Waals surface area contributed by atoms with Crippen LogP contribution < -0.4 is 0 Å². The molecule has 64 heavy (non-hydrogen) atoms. The first-order valence-electron chi connectivity index (χ1n) is 21.6. The Morgan fingerprint density at radius 3 is 1.62 bits per heavy atom. The van der Waals surface area contributed by atoms with Gasteiger partial charge in [0.25, 0.3) is 0 Å². The Morgan fingerprint density at radius 1 is 0.359 bits per heavy atom. The number of aromatic nitrogens is 4. The molecule has 4 nitrogen and oxygen atoms in total. The first-order valence-corrected chi connectivity index (χ1v) is 22.4. The first kappa shape index (κ1) is 36.6. The fourth-order valence-electron chi connectivity index (χ4n) is 10.3. The first-order chi connectivity index (χ1) is 31.7. The van der Waals surface area contributed by atoms with Gasteiger partial charge in [0.05, 0.1) is 39.4 Å². The lowest BCUT2D eigenvalue weighted by molar-refractivity contribution is 0.723. The molecule has 5 heteroatoms. The zero-order valence-corrected chi connectivity index (χ0v) is 35.3. The van der Waals surface area contributed by atoms with Gasteiger partial charge in [-0.25, -0.2) is 9.97 Å². The molecule has 0 unspecified atom stereocenters. The third kappa shape index (κ3) is 5.57. The summed E-state index contributed by atoms with van der Waals surface area (Å²) < 4.78 is 0. The number of fused-ring (bicyclic) bond motifs is 13. The summed E-state index contributed by atoms with van der Waals surface area (Å²) in [5, 5.41) is 3.57. The molecule has 0 amide bonds. The molecular weight excluding hydrogens is 797 g/mol. The molecule has 0 bridgehead atoms. The quantitative estimate of drug-likeness (QED) is 0.162. The zero-order valence-electron chi connectivity index (χ0n) is 34.5. The molecule has 298 valence electrons. The minimum atomic E-state index is -0.550. The lowest BCUT2D eigenvalue weighted by Gasteiger charge is -2.39. The minimum absolute atomic E-state index is 0.550. The van der Waals surface area contributed by atoms with Gasteiger partial charge in [0.1, 0.15) is 0 Å². The third-order valence-electron chi connectivity index (χ3n) is 13.0. The lowest BCUT2D eigenvalue weighted by atomic mass is 9.67. The van der Waals surface area contributed by atoms with E-state index in [9.17, 15) is 0 Å². The van der Waals surface area contributed by atoms with Crippen LogP contribution in [-0.4, -0.2) is 19.9 Å². The van der Waals surface area contributed by atoms with Gasteiger partial charge in [-0.15, -0.1) is 0 Å². The van der Waals surface area contributed by atoms with Crippen LogP contribution in [0.1, 0.15) is 22.3 Å². The van der Waals surface area contributed by atoms with Crippen molar-refractivity contribution in [3.8, 4) is 67.4 Å². The van der Waals surface area contributed by atoms with Gasteiger partial charge < -0.3 is 0 Å². The second-order valence-corrected chi connectivity index (χ2v) is 17.6. The number of benzene rings is 7. The monoisotopic (exact) mass is 832 g/mol. The topological polar surface area (TPSA) is 51.6 Å². The summed E-state index contributed by atoms with van der Waals surface area (Å²) >= 11 is 1.88. The second kappa shape index (κ2) is 14.6. The highest BCUT2D eigenvalue weighted by Crippen LogP contribution is 2.64. The summed E-state index contributed by atoms with van der Waals surface area (Å²) in [5.41, 5.74) is 18.1. The molecule has 13 rings (SSSR count). The summed E-state index contributed by atoms with van der Waals surface area (Å²) in [6.07, 6.45) is 3.62. The third-order valence-corrected chi connectivity index (χ3v) is 14.2. The molecule has 5 heterocycles. The van der Waals surface area contributed by atoms with Crippen LogP contribution in [0, 0.1) is 0 Å². The Kier molecular flexibility index (Phi) is 8.33. The molecule has 11 aromatic rings. The molecule has 0 saturated heterocycles. The highest BCUT2D eigenvalue weighted by atomic mass is 32.2. The van der Waals surface area contributed by atoms with Gasteiger partial charge in [0, 0.05) is 43.9 Å². The summed E-state index contributed by atoms with van der Waals surface area (Å²) in [4.78, 5) is 22.2. The molecule has 4 aromatic heterocycles. The normalized spacial score (nSPS) is 13.1. The molecule has 1 spiro atoms. The average Bonchev–Trinajstić information content (AvgIpc) is 3.66. The van der Waals surface area contributed by atoms with E-state index in [0.717, 1.165) is 67.0 Å².